The van der Waals surface area contributed by atoms with Crippen LogP contribution in [0, 0.1) is 0 Å². The Kier molecular flexibility index (Phi) is 3.53. The van der Waals surface area contributed by atoms with Crippen LogP contribution in [0.15, 0.2) is 18.2 Å². The van der Waals surface area contributed by atoms with Crippen molar-refractivity contribution in [3.63, 3.8) is 0 Å². The van der Waals surface area contributed by atoms with Crippen LogP contribution in [0.25, 0.3) is 0 Å². The van der Waals surface area contributed by atoms with E-state index in [9.17, 15) is 4.79 Å². The van der Waals surface area contributed by atoms with Gasteiger partial charge in [0.15, 0.2) is 0 Å². The molecule has 4 nitrogen and oxygen atoms in total. The monoisotopic (exact) mass is 260 g/mol. The Labute approximate surface area is 113 Å². The summed E-state index contributed by atoms with van der Waals surface area (Å²) in [4.78, 5) is 11.9. The van der Waals surface area contributed by atoms with E-state index in [1.807, 2.05) is 18.2 Å². The van der Waals surface area contributed by atoms with E-state index < -0.39 is 0 Å². The number of fused-ring (bicyclic) bond motifs is 1. The first-order chi connectivity index (χ1) is 9.25. The number of rotatable bonds is 2. The number of nitrogens with two attached hydrogens (primary N) is 1. The summed E-state index contributed by atoms with van der Waals surface area (Å²) in [6, 6.07) is 5.87. The van der Waals surface area contributed by atoms with Gasteiger partial charge in [-0.3, -0.25) is 4.79 Å². The van der Waals surface area contributed by atoms with Crippen molar-refractivity contribution >= 4 is 5.91 Å². The van der Waals surface area contributed by atoms with E-state index >= 15 is 0 Å². The molecule has 19 heavy (non-hydrogen) atoms. The molecule has 0 spiro atoms. The van der Waals surface area contributed by atoms with Gasteiger partial charge in [-0.2, -0.15) is 0 Å². The first-order valence-corrected chi connectivity index (χ1v) is 7.04. The average molecular weight is 260 g/mol. The van der Waals surface area contributed by atoms with Crippen LogP contribution in [0.1, 0.15) is 46.8 Å². The Morgan fingerprint density at radius 1 is 1.37 bits per heavy atom. The lowest BCUT2D eigenvalue weighted by molar-refractivity contribution is -0.00000765. The lowest BCUT2D eigenvalue weighted by atomic mass is 9.91. The molecule has 1 aromatic rings. The lowest BCUT2D eigenvalue weighted by Gasteiger charge is -2.29. The Bertz CT molecular complexity index is 481. The first-order valence-electron chi connectivity index (χ1n) is 7.04. The van der Waals surface area contributed by atoms with Crippen LogP contribution in [-0.2, 0) is 11.2 Å². The molecule has 2 unspecified atom stereocenters. The van der Waals surface area contributed by atoms with Crippen LogP contribution in [0.3, 0.4) is 0 Å². The maximum atomic E-state index is 11.9. The number of hydrogen-bond donors (Lipinski definition) is 2. The van der Waals surface area contributed by atoms with Crippen LogP contribution in [0.2, 0.25) is 0 Å². The van der Waals surface area contributed by atoms with Crippen molar-refractivity contribution < 1.29 is 9.53 Å². The average Bonchev–Trinajstić information content (AvgIpc) is 2.47. The molecule has 2 heterocycles. The van der Waals surface area contributed by atoms with Crippen molar-refractivity contribution in [1.82, 2.24) is 5.32 Å². The summed E-state index contributed by atoms with van der Waals surface area (Å²) in [7, 11) is 0. The quantitative estimate of drug-likeness (QED) is 0.847. The topological polar surface area (TPSA) is 64.4 Å². The molecule has 2 aliphatic heterocycles. The van der Waals surface area contributed by atoms with Gasteiger partial charge < -0.3 is 15.8 Å². The van der Waals surface area contributed by atoms with Crippen LogP contribution < -0.4 is 11.1 Å². The van der Waals surface area contributed by atoms with E-state index in [0.717, 1.165) is 49.1 Å². The summed E-state index contributed by atoms with van der Waals surface area (Å²) in [6.45, 7) is 1.52. The predicted octanol–water partition coefficient (Wildman–Crippen LogP) is 1.54. The van der Waals surface area contributed by atoms with Crippen LogP contribution in [-0.4, -0.2) is 25.2 Å². The molecule has 1 amide bonds. The molecule has 0 saturated carbocycles. The Hall–Kier alpha value is -1.39. The first kappa shape index (κ1) is 12.6. The van der Waals surface area contributed by atoms with Gasteiger partial charge in [0.1, 0.15) is 0 Å². The van der Waals surface area contributed by atoms with Crippen molar-refractivity contribution in [2.75, 3.05) is 13.2 Å². The molecule has 102 valence electrons. The summed E-state index contributed by atoms with van der Waals surface area (Å²) in [5.74, 6) is 0.0138. The fourth-order valence-corrected chi connectivity index (χ4v) is 2.90. The van der Waals surface area contributed by atoms with Gasteiger partial charge in [-0.05, 0) is 42.9 Å². The number of carbonyl (C=O) groups is 1. The van der Waals surface area contributed by atoms with E-state index in [1.165, 1.54) is 6.42 Å². The van der Waals surface area contributed by atoms with Gasteiger partial charge in [0.2, 0.25) is 0 Å². The Morgan fingerprint density at radius 3 is 3.05 bits per heavy atom. The van der Waals surface area contributed by atoms with Crippen LogP contribution in [0.5, 0.6) is 0 Å². The van der Waals surface area contributed by atoms with Crippen molar-refractivity contribution in [1.29, 1.82) is 0 Å². The molecule has 1 saturated heterocycles. The molecule has 3 N–H and O–H groups in total. The van der Waals surface area contributed by atoms with Gasteiger partial charge in [-0.25, -0.2) is 0 Å². The molecule has 1 fully saturated rings. The minimum absolute atomic E-state index is 0.0138. The standard InChI is InChI=1S/C15H20N2O2/c16-14(13-3-1-2-8-19-13)11-5-4-10-6-7-17-15(18)12(10)9-11/h4-5,9,13-14H,1-3,6-8,16H2,(H,17,18). The van der Waals surface area contributed by atoms with Gasteiger partial charge in [-0.15, -0.1) is 0 Å². The number of benzene rings is 1. The summed E-state index contributed by atoms with van der Waals surface area (Å²) in [5, 5.41) is 2.87. The van der Waals surface area contributed by atoms with Gasteiger partial charge in [0, 0.05) is 18.7 Å². The van der Waals surface area contributed by atoms with Crippen LogP contribution >= 0.6 is 0 Å². The highest BCUT2D eigenvalue weighted by Crippen LogP contribution is 2.26. The number of ether oxygens (including phenoxy) is 1. The maximum absolute atomic E-state index is 11.9. The molecule has 0 bridgehead atoms. The lowest BCUT2D eigenvalue weighted by Crippen LogP contribution is -2.34. The highest BCUT2D eigenvalue weighted by atomic mass is 16.5. The van der Waals surface area contributed by atoms with Gasteiger partial charge in [-0.1, -0.05) is 12.1 Å². The van der Waals surface area contributed by atoms with Gasteiger partial charge >= 0.3 is 0 Å². The van der Waals surface area contributed by atoms with Gasteiger partial charge in [0.25, 0.3) is 5.91 Å². The fourth-order valence-electron chi connectivity index (χ4n) is 2.90. The Balaban J connectivity index is 1.84. The summed E-state index contributed by atoms with van der Waals surface area (Å²) < 4.78 is 5.74. The molecule has 0 aromatic heterocycles. The minimum atomic E-state index is -0.139. The zero-order valence-electron chi connectivity index (χ0n) is 11.0. The number of hydrogen-bond acceptors (Lipinski definition) is 3. The molecule has 1 aromatic carbocycles. The third-order valence-electron chi connectivity index (χ3n) is 4.06. The van der Waals surface area contributed by atoms with E-state index in [1.54, 1.807) is 0 Å². The van der Waals surface area contributed by atoms with E-state index in [4.69, 9.17) is 10.5 Å². The smallest absolute Gasteiger partial charge is 0.251 e. The normalized spacial score (nSPS) is 24.5. The number of nitrogens with one attached hydrogen (secondary N) is 1. The molecule has 2 atom stereocenters. The zero-order valence-corrected chi connectivity index (χ0v) is 11.0. The SMILES string of the molecule is NC(c1ccc2c(c1)C(=O)NCC2)C1CCCCO1. The summed E-state index contributed by atoms with van der Waals surface area (Å²) in [5.41, 5.74) is 9.18. The summed E-state index contributed by atoms with van der Waals surface area (Å²) >= 11 is 0. The third kappa shape index (κ3) is 2.51. The number of carbonyl (C=O) groups excluding carboxylic acids is 1. The maximum Gasteiger partial charge on any atom is 0.251 e. The third-order valence-corrected chi connectivity index (χ3v) is 4.06. The van der Waals surface area contributed by atoms with Crippen molar-refractivity contribution in [3.05, 3.63) is 34.9 Å². The molecular formula is C15H20N2O2. The predicted molar refractivity (Wildman–Crippen MR) is 73.0 cm³/mol. The molecule has 0 radical (unpaired) electrons. The Morgan fingerprint density at radius 2 is 2.26 bits per heavy atom. The zero-order chi connectivity index (χ0) is 13.2. The van der Waals surface area contributed by atoms with Crippen molar-refractivity contribution in [2.24, 2.45) is 5.73 Å². The highest BCUT2D eigenvalue weighted by Gasteiger charge is 2.25. The van der Waals surface area contributed by atoms with Crippen molar-refractivity contribution in [3.8, 4) is 0 Å². The molecule has 4 heteroatoms. The molecular weight excluding hydrogens is 240 g/mol. The minimum Gasteiger partial charge on any atom is -0.376 e. The summed E-state index contributed by atoms with van der Waals surface area (Å²) in [6.07, 6.45) is 4.28. The fraction of sp³-hybridized carbons (Fsp3) is 0.533. The largest absolute Gasteiger partial charge is 0.376 e. The van der Waals surface area contributed by atoms with Crippen molar-refractivity contribution in [2.45, 2.75) is 37.8 Å². The molecule has 0 aliphatic carbocycles. The van der Waals surface area contributed by atoms with E-state index in [2.05, 4.69) is 5.32 Å². The molecule has 3 rings (SSSR count). The van der Waals surface area contributed by atoms with E-state index in [0.29, 0.717) is 0 Å². The second-order valence-electron chi connectivity index (χ2n) is 5.35. The molecule has 2 aliphatic rings. The van der Waals surface area contributed by atoms with Gasteiger partial charge in [0.05, 0.1) is 12.1 Å². The second kappa shape index (κ2) is 5.31. The van der Waals surface area contributed by atoms with Crippen LogP contribution in [0.4, 0.5) is 0 Å². The number of amides is 1. The highest BCUT2D eigenvalue weighted by molar-refractivity contribution is 5.96. The second-order valence-corrected chi connectivity index (χ2v) is 5.35. The van der Waals surface area contributed by atoms with E-state index in [-0.39, 0.29) is 18.1 Å².